The van der Waals surface area contributed by atoms with Crippen molar-refractivity contribution in [2.45, 2.75) is 38.2 Å². The fourth-order valence-corrected chi connectivity index (χ4v) is 3.11. The summed E-state index contributed by atoms with van der Waals surface area (Å²) in [5, 5.41) is 11.2. The second-order valence-electron chi connectivity index (χ2n) is 5.01. The summed E-state index contributed by atoms with van der Waals surface area (Å²) in [5.41, 5.74) is 3.25. The van der Waals surface area contributed by atoms with E-state index in [1.165, 1.54) is 24.1 Å². The second-order valence-corrected chi connectivity index (χ2v) is 6.15. The summed E-state index contributed by atoms with van der Waals surface area (Å²) in [7, 11) is 0. The summed E-state index contributed by atoms with van der Waals surface area (Å²) in [4.78, 5) is 10.3. The number of hydrogen-bond acceptors (Lipinski definition) is 5. The monoisotopic (exact) mass is 252 g/mol. The number of aryl methyl sites for hydroxylation is 1. The molecule has 1 aromatic rings. The molecule has 3 rings (SSSR count). The Labute approximate surface area is 104 Å². The molecule has 0 bridgehead atoms. The highest BCUT2D eigenvalue weighted by molar-refractivity contribution is 7.16. The van der Waals surface area contributed by atoms with Gasteiger partial charge in [-0.3, -0.25) is 0 Å². The Morgan fingerprint density at radius 3 is 3.18 bits per heavy atom. The van der Waals surface area contributed by atoms with Crippen LogP contribution in [0.1, 0.15) is 31.1 Å². The van der Waals surface area contributed by atoms with E-state index in [0.717, 1.165) is 23.5 Å². The Kier molecular flexibility index (Phi) is 2.60. The first-order valence-corrected chi connectivity index (χ1v) is 6.76. The molecule has 0 radical (unpaired) electrons. The molecule has 1 aliphatic carbocycles. The van der Waals surface area contributed by atoms with Gasteiger partial charge in [0, 0.05) is 4.88 Å². The van der Waals surface area contributed by atoms with E-state index >= 15 is 0 Å². The number of thiophene rings is 1. The average Bonchev–Trinajstić information content (AvgIpc) is 3.07. The van der Waals surface area contributed by atoms with Crippen LogP contribution in [0, 0.1) is 5.92 Å². The van der Waals surface area contributed by atoms with Crippen LogP contribution in [-0.4, -0.2) is 17.1 Å². The lowest BCUT2D eigenvalue weighted by Gasteiger charge is -2.22. The lowest BCUT2D eigenvalue weighted by Crippen LogP contribution is -2.27. The van der Waals surface area contributed by atoms with Gasteiger partial charge in [0.15, 0.2) is 5.00 Å². The van der Waals surface area contributed by atoms with Crippen molar-refractivity contribution < 1.29 is 9.94 Å². The molecule has 0 spiro atoms. The lowest BCUT2D eigenvalue weighted by molar-refractivity contribution is 0.0286. The number of aliphatic imine (C=N–C) groups is 1. The van der Waals surface area contributed by atoms with Gasteiger partial charge in [-0.15, -0.1) is 11.3 Å². The number of aliphatic hydroxyl groups is 1. The first-order valence-electron chi connectivity index (χ1n) is 5.94. The number of nitrogens with zero attached hydrogens (tertiary/aromatic N) is 1. The SMILES string of the molecule is CC(O)(CCc1cc2c(s1)NOC=N2)C1CC1. The van der Waals surface area contributed by atoms with Crippen molar-refractivity contribution in [3.63, 3.8) is 0 Å². The zero-order chi connectivity index (χ0) is 11.9. The van der Waals surface area contributed by atoms with Crippen LogP contribution in [0.5, 0.6) is 0 Å². The molecule has 17 heavy (non-hydrogen) atoms. The highest BCUT2D eigenvalue weighted by Gasteiger charge is 2.39. The maximum atomic E-state index is 10.3. The number of rotatable bonds is 4. The third-order valence-electron chi connectivity index (χ3n) is 3.49. The molecule has 1 aromatic heterocycles. The second kappa shape index (κ2) is 3.99. The van der Waals surface area contributed by atoms with Crippen LogP contribution in [0.2, 0.25) is 0 Å². The predicted octanol–water partition coefficient (Wildman–Crippen LogP) is 2.86. The fourth-order valence-electron chi connectivity index (χ4n) is 2.17. The Balaban J connectivity index is 1.65. The van der Waals surface area contributed by atoms with Gasteiger partial charge in [-0.1, -0.05) is 0 Å². The molecule has 0 saturated heterocycles. The van der Waals surface area contributed by atoms with E-state index in [0.29, 0.717) is 5.92 Å². The molecule has 4 nitrogen and oxygen atoms in total. The van der Waals surface area contributed by atoms with Gasteiger partial charge in [-0.25, -0.2) is 10.5 Å². The molecule has 0 aromatic carbocycles. The summed E-state index contributed by atoms with van der Waals surface area (Å²) < 4.78 is 0. The molecule has 1 fully saturated rings. The van der Waals surface area contributed by atoms with Crippen molar-refractivity contribution in [3.8, 4) is 0 Å². The number of nitrogens with one attached hydrogen (secondary N) is 1. The third kappa shape index (κ3) is 2.30. The molecule has 5 heteroatoms. The van der Waals surface area contributed by atoms with Crippen LogP contribution >= 0.6 is 11.3 Å². The van der Waals surface area contributed by atoms with Crippen LogP contribution in [0.15, 0.2) is 11.1 Å². The molecule has 2 aliphatic rings. The van der Waals surface area contributed by atoms with Gasteiger partial charge in [-0.2, -0.15) is 0 Å². The van der Waals surface area contributed by atoms with Gasteiger partial charge in [0.1, 0.15) is 5.69 Å². The van der Waals surface area contributed by atoms with Crippen LogP contribution in [0.3, 0.4) is 0 Å². The Hall–Kier alpha value is -1.07. The van der Waals surface area contributed by atoms with Gasteiger partial charge < -0.3 is 9.94 Å². The van der Waals surface area contributed by atoms with Crippen LogP contribution < -0.4 is 5.48 Å². The quantitative estimate of drug-likeness (QED) is 0.866. The molecular weight excluding hydrogens is 236 g/mol. The molecular formula is C12H16N2O2S. The number of hydrogen-bond donors (Lipinski definition) is 2. The summed E-state index contributed by atoms with van der Waals surface area (Å²) in [5.74, 6) is 0.511. The first-order chi connectivity index (χ1) is 8.15. The zero-order valence-corrected chi connectivity index (χ0v) is 10.6. The van der Waals surface area contributed by atoms with Crippen molar-refractivity contribution in [3.05, 3.63) is 10.9 Å². The van der Waals surface area contributed by atoms with Crippen LogP contribution in [0.25, 0.3) is 0 Å². The molecule has 2 N–H and O–H groups in total. The van der Waals surface area contributed by atoms with Gasteiger partial charge in [0.25, 0.3) is 0 Å². The molecule has 1 aliphatic heterocycles. The smallest absolute Gasteiger partial charge is 0.209 e. The first kappa shape index (κ1) is 11.0. The van der Waals surface area contributed by atoms with Crippen molar-refractivity contribution in [1.82, 2.24) is 0 Å². The van der Waals surface area contributed by atoms with E-state index < -0.39 is 5.60 Å². The van der Waals surface area contributed by atoms with Gasteiger partial charge in [0.05, 0.1) is 5.60 Å². The third-order valence-corrected chi connectivity index (χ3v) is 4.57. The largest absolute Gasteiger partial charge is 0.390 e. The van der Waals surface area contributed by atoms with Crippen LogP contribution in [-0.2, 0) is 11.3 Å². The van der Waals surface area contributed by atoms with E-state index in [-0.39, 0.29) is 0 Å². The van der Waals surface area contributed by atoms with Crippen molar-refractivity contribution >= 4 is 28.4 Å². The van der Waals surface area contributed by atoms with E-state index in [9.17, 15) is 5.11 Å². The van der Waals surface area contributed by atoms with E-state index in [1.54, 1.807) is 11.3 Å². The highest BCUT2D eigenvalue weighted by atomic mass is 32.1. The molecule has 2 heterocycles. The van der Waals surface area contributed by atoms with Gasteiger partial charge in [0.2, 0.25) is 6.40 Å². The standard InChI is InChI=1S/C12H16N2O2S/c1-12(15,8-2-3-8)5-4-9-6-10-11(17-9)14-16-7-13-10/h6-8,14-15H,2-5H2,1H3. The minimum absolute atomic E-state index is 0.502. The minimum Gasteiger partial charge on any atom is -0.390 e. The topological polar surface area (TPSA) is 53.8 Å². The maximum Gasteiger partial charge on any atom is 0.209 e. The molecule has 1 unspecified atom stereocenters. The minimum atomic E-state index is -0.502. The van der Waals surface area contributed by atoms with Crippen molar-refractivity contribution in [2.75, 3.05) is 5.48 Å². The Bertz CT molecular complexity index is 449. The molecule has 92 valence electrons. The maximum absolute atomic E-state index is 10.3. The predicted molar refractivity (Wildman–Crippen MR) is 68.8 cm³/mol. The van der Waals surface area contributed by atoms with Crippen molar-refractivity contribution in [1.29, 1.82) is 0 Å². The molecule has 0 amide bonds. The Morgan fingerprint density at radius 2 is 2.47 bits per heavy atom. The molecule has 1 atom stereocenters. The lowest BCUT2D eigenvalue weighted by atomic mass is 9.94. The number of anilines is 1. The highest BCUT2D eigenvalue weighted by Crippen LogP contribution is 2.43. The normalized spacial score (nSPS) is 21.3. The average molecular weight is 252 g/mol. The van der Waals surface area contributed by atoms with Gasteiger partial charge in [-0.05, 0) is 44.6 Å². The summed E-state index contributed by atoms with van der Waals surface area (Å²) >= 11 is 1.65. The van der Waals surface area contributed by atoms with E-state index in [4.69, 9.17) is 4.84 Å². The molecule has 1 saturated carbocycles. The fraction of sp³-hybridized carbons (Fsp3) is 0.583. The zero-order valence-electron chi connectivity index (χ0n) is 9.77. The Morgan fingerprint density at radius 1 is 1.65 bits per heavy atom. The van der Waals surface area contributed by atoms with E-state index in [2.05, 4.69) is 16.5 Å². The summed E-state index contributed by atoms with van der Waals surface area (Å²) in [6.45, 7) is 1.96. The van der Waals surface area contributed by atoms with Crippen LogP contribution in [0.4, 0.5) is 10.7 Å². The van der Waals surface area contributed by atoms with Gasteiger partial charge >= 0.3 is 0 Å². The summed E-state index contributed by atoms with van der Waals surface area (Å²) in [6, 6.07) is 2.06. The summed E-state index contributed by atoms with van der Waals surface area (Å²) in [6.07, 6.45) is 5.47. The number of fused-ring (bicyclic) bond motifs is 1. The van der Waals surface area contributed by atoms with Crippen molar-refractivity contribution in [2.24, 2.45) is 10.9 Å². The van der Waals surface area contributed by atoms with E-state index in [1.807, 2.05) is 6.92 Å².